The van der Waals surface area contributed by atoms with E-state index in [1.807, 2.05) is 60.7 Å². The summed E-state index contributed by atoms with van der Waals surface area (Å²) in [5.41, 5.74) is 13.6. The van der Waals surface area contributed by atoms with Crippen molar-refractivity contribution in [1.29, 1.82) is 0 Å². The number of aromatic hydroxyl groups is 2. The van der Waals surface area contributed by atoms with E-state index in [1.54, 1.807) is 47.8 Å². The first kappa shape index (κ1) is 43.4. The Morgan fingerprint density at radius 3 is 1.00 bits per heavy atom. The van der Waals surface area contributed by atoms with E-state index >= 15 is 0 Å². The Morgan fingerprint density at radius 2 is 0.755 bits per heavy atom. The van der Waals surface area contributed by atoms with Crippen LogP contribution < -0.4 is 11.5 Å². The predicted octanol–water partition coefficient (Wildman–Crippen LogP) is 4.60. The van der Waals surface area contributed by atoms with Gasteiger partial charge in [-0.1, -0.05) is 59.9 Å². The molecule has 260 valence electrons. The minimum absolute atomic E-state index is 0. The molecule has 0 spiro atoms. The average molecular weight is 713 g/mol. The number of carboxylic acids is 4. The fraction of sp³-hybridized carbons (Fsp3) is 0.0588. The standard InChI is InChI=1S/2C13H13NOS.2C4H4O4.H2O/c2*14-9-10-3-1-2-4-13(10)16-12-7-5-11(15)6-8-12;2*5-3(6)1-2-4(7)8;/h2*1-8,15H,9,14H2;2*1-2H,(H,5,6)(H,7,8);1H2/b;;2*2-1-;. The van der Waals surface area contributed by atoms with Crippen molar-refractivity contribution in [2.45, 2.75) is 32.7 Å². The predicted molar refractivity (Wildman–Crippen MR) is 186 cm³/mol. The van der Waals surface area contributed by atoms with Crippen LogP contribution in [0.25, 0.3) is 0 Å². The van der Waals surface area contributed by atoms with Crippen molar-refractivity contribution in [2.24, 2.45) is 11.5 Å². The summed E-state index contributed by atoms with van der Waals surface area (Å²) < 4.78 is 0. The highest BCUT2D eigenvalue weighted by Crippen LogP contribution is 2.32. The lowest BCUT2D eigenvalue weighted by atomic mass is 10.2. The van der Waals surface area contributed by atoms with E-state index in [4.69, 9.17) is 31.9 Å². The minimum Gasteiger partial charge on any atom is -0.508 e. The Morgan fingerprint density at radius 1 is 0.490 bits per heavy atom. The van der Waals surface area contributed by atoms with Crippen LogP contribution in [0.1, 0.15) is 11.1 Å². The maximum atomic E-state index is 9.55. The number of hydrogen-bond donors (Lipinski definition) is 8. The molecule has 4 rings (SSSR count). The van der Waals surface area contributed by atoms with Gasteiger partial charge in [0, 0.05) is 57.0 Å². The van der Waals surface area contributed by atoms with Gasteiger partial charge in [-0.25, -0.2) is 19.2 Å². The molecule has 0 aliphatic rings. The summed E-state index contributed by atoms with van der Waals surface area (Å²) in [6.07, 6.45) is 2.23. The van der Waals surface area contributed by atoms with Gasteiger partial charge in [0.15, 0.2) is 0 Å². The maximum Gasteiger partial charge on any atom is 0.328 e. The molecule has 4 aromatic rings. The molecular weight excluding hydrogens is 677 g/mol. The Bertz CT molecular complexity index is 1520. The van der Waals surface area contributed by atoms with Crippen LogP contribution in [0.3, 0.4) is 0 Å². The number of phenols is 2. The van der Waals surface area contributed by atoms with Crippen molar-refractivity contribution < 1.29 is 55.3 Å². The zero-order valence-corrected chi connectivity index (χ0v) is 27.4. The molecule has 0 aliphatic carbocycles. The number of aliphatic carboxylic acids is 4. The molecule has 15 heteroatoms. The van der Waals surface area contributed by atoms with Crippen LogP contribution in [0.5, 0.6) is 11.5 Å². The number of nitrogens with two attached hydrogens (primary N) is 2. The van der Waals surface area contributed by atoms with Gasteiger partial charge in [-0.05, 0) is 71.8 Å². The van der Waals surface area contributed by atoms with E-state index in [0.29, 0.717) is 37.4 Å². The highest BCUT2D eigenvalue weighted by Gasteiger charge is 2.03. The molecule has 0 aliphatic heterocycles. The summed E-state index contributed by atoms with van der Waals surface area (Å²) in [5, 5.41) is 49.6. The van der Waals surface area contributed by atoms with Gasteiger partial charge in [-0.3, -0.25) is 0 Å². The van der Waals surface area contributed by atoms with Gasteiger partial charge in [0.05, 0.1) is 0 Å². The van der Waals surface area contributed by atoms with Gasteiger partial charge in [0.2, 0.25) is 0 Å². The van der Waals surface area contributed by atoms with Crippen LogP contribution in [-0.4, -0.2) is 60.0 Å². The second-order valence-electron chi connectivity index (χ2n) is 8.84. The number of hydrogen-bond acceptors (Lipinski definition) is 10. The molecule has 49 heavy (non-hydrogen) atoms. The third-order valence-electron chi connectivity index (χ3n) is 5.25. The maximum absolute atomic E-state index is 9.55. The molecule has 0 amide bonds. The molecule has 4 aromatic carbocycles. The van der Waals surface area contributed by atoms with E-state index in [9.17, 15) is 29.4 Å². The Hall–Kier alpha value is -5.58. The Labute approximate surface area is 290 Å². The van der Waals surface area contributed by atoms with Crippen molar-refractivity contribution in [3.05, 3.63) is 132 Å². The monoisotopic (exact) mass is 712 g/mol. The molecule has 13 nitrogen and oxygen atoms in total. The summed E-state index contributed by atoms with van der Waals surface area (Å²) in [6.45, 7) is 1.09. The Balaban J connectivity index is 0.000000658. The molecule has 0 unspecified atom stereocenters. The fourth-order valence-electron chi connectivity index (χ4n) is 3.11. The van der Waals surface area contributed by atoms with Gasteiger partial charge < -0.3 is 47.6 Å². The number of rotatable bonds is 10. The van der Waals surface area contributed by atoms with Crippen molar-refractivity contribution in [3.63, 3.8) is 0 Å². The first-order valence-electron chi connectivity index (χ1n) is 13.6. The van der Waals surface area contributed by atoms with E-state index in [2.05, 4.69) is 12.1 Å². The molecule has 0 atom stereocenters. The number of benzene rings is 4. The van der Waals surface area contributed by atoms with E-state index in [1.165, 1.54) is 0 Å². The fourth-order valence-corrected chi connectivity index (χ4v) is 5.02. The van der Waals surface area contributed by atoms with Crippen LogP contribution in [0.4, 0.5) is 0 Å². The zero-order valence-electron chi connectivity index (χ0n) is 25.7. The van der Waals surface area contributed by atoms with Gasteiger partial charge in [0.25, 0.3) is 0 Å². The van der Waals surface area contributed by atoms with Gasteiger partial charge >= 0.3 is 23.9 Å². The van der Waals surface area contributed by atoms with Gasteiger partial charge in [0.1, 0.15) is 11.5 Å². The molecule has 0 radical (unpaired) electrons. The van der Waals surface area contributed by atoms with Crippen LogP contribution in [-0.2, 0) is 32.3 Å². The smallest absolute Gasteiger partial charge is 0.328 e. The molecule has 0 fully saturated rings. The van der Waals surface area contributed by atoms with E-state index < -0.39 is 23.9 Å². The van der Waals surface area contributed by atoms with Gasteiger partial charge in [-0.2, -0.15) is 0 Å². The lowest BCUT2D eigenvalue weighted by Gasteiger charge is -2.06. The largest absolute Gasteiger partial charge is 0.508 e. The SMILES string of the molecule is NCc1ccccc1Sc1ccc(O)cc1.NCc1ccccc1Sc1ccc(O)cc1.O.O=C(O)/C=C\C(=O)O.O=C(O)/C=C\C(=O)O. The first-order valence-corrected chi connectivity index (χ1v) is 15.3. The Kier molecular flexibility index (Phi) is 21.8. The summed E-state index contributed by atoms with van der Waals surface area (Å²) in [7, 11) is 0. The first-order chi connectivity index (χ1) is 22.8. The summed E-state index contributed by atoms with van der Waals surface area (Å²) in [4.78, 5) is 42.7. The van der Waals surface area contributed by atoms with Crippen LogP contribution in [0.15, 0.2) is 141 Å². The quantitative estimate of drug-likeness (QED) is 0.104. The van der Waals surface area contributed by atoms with Crippen molar-refractivity contribution in [2.75, 3.05) is 0 Å². The van der Waals surface area contributed by atoms with Crippen molar-refractivity contribution >= 4 is 47.4 Å². The normalized spacial score (nSPS) is 9.84. The van der Waals surface area contributed by atoms with Crippen LogP contribution in [0.2, 0.25) is 0 Å². The summed E-state index contributed by atoms with van der Waals surface area (Å²) >= 11 is 3.31. The third-order valence-corrected chi connectivity index (χ3v) is 7.50. The highest BCUT2D eigenvalue weighted by molar-refractivity contribution is 7.99. The number of carboxylic acid groups (broad SMARTS) is 4. The molecule has 0 bridgehead atoms. The zero-order chi connectivity index (χ0) is 35.9. The highest BCUT2D eigenvalue weighted by atomic mass is 32.2. The summed E-state index contributed by atoms with van der Waals surface area (Å²) in [5.74, 6) is -4.45. The molecule has 0 saturated heterocycles. The van der Waals surface area contributed by atoms with Crippen molar-refractivity contribution in [1.82, 2.24) is 0 Å². The second kappa shape index (κ2) is 24.6. The number of phenolic OH excluding ortho intramolecular Hbond substituents is 2. The lowest BCUT2D eigenvalue weighted by molar-refractivity contribution is -0.134. The van der Waals surface area contributed by atoms with Crippen LogP contribution >= 0.6 is 23.5 Å². The number of carbonyl (C=O) groups is 4. The minimum atomic E-state index is -1.26. The molecule has 0 heterocycles. The third kappa shape index (κ3) is 20.3. The summed E-state index contributed by atoms with van der Waals surface area (Å²) in [6, 6.07) is 30.5. The molecule has 0 saturated carbocycles. The topological polar surface area (TPSA) is 273 Å². The molecule has 12 N–H and O–H groups in total. The van der Waals surface area contributed by atoms with Gasteiger partial charge in [-0.15, -0.1) is 0 Å². The van der Waals surface area contributed by atoms with E-state index in [0.717, 1.165) is 30.7 Å². The van der Waals surface area contributed by atoms with Crippen LogP contribution in [0, 0.1) is 0 Å². The molecular formula is C34H36N2O11S2. The van der Waals surface area contributed by atoms with Crippen molar-refractivity contribution in [3.8, 4) is 11.5 Å². The van der Waals surface area contributed by atoms with E-state index in [-0.39, 0.29) is 17.0 Å². The lowest BCUT2D eigenvalue weighted by Crippen LogP contribution is -1.97. The average Bonchev–Trinajstić information content (AvgIpc) is 3.06. The second-order valence-corrected chi connectivity index (χ2v) is 11.1. The molecule has 0 aromatic heterocycles.